The second kappa shape index (κ2) is 9.73. The molecule has 166 valence electrons. The van der Waals surface area contributed by atoms with E-state index in [2.05, 4.69) is 15.5 Å². The number of methoxy groups -OCH3 is 1. The minimum absolute atomic E-state index is 0.0616. The van der Waals surface area contributed by atoms with Crippen molar-refractivity contribution in [2.24, 2.45) is 5.10 Å². The molecule has 9 heteroatoms. The molecule has 0 bridgehead atoms. The molecule has 0 saturated carbocycles. The topological polar surface area (TPSA) is 94.8 Å². The minimum atomic E-state index is -0.841. The van der Waals surface area contributed by atoms with Crippen LogP contribution in [0, 0.1) is 5.82 Å². The minimum Gasteiger partial charge on any atom is -0.493 e. The molecule has 0 saturated heterocycles. The van der Waals surface area contributed by atoms with Crippen molar-refractivity contribution >= 4 is 29.1 Å². The van der Waals surface area contributed by atoms with Gasteiger partial charge in [-0.25, -0.2) is 19.6 Å². The molecule has 1 amide bonds. The van der Waals surface area contributed by atoms with Gasteiger partial charge in [0, 0.05) is 0 Å². The fourth-order valence-electron chi connectivity index (χ4n) is 3.14. The largest absolute Gasteiger partial charge is 0.493 e. The predicted molar refractivity (Wildman–Crippen MR) is 120 cm³/mol. The van der Waals surface area contributed by atoms with Crippen LogP contribution in [0.4, 0.5) is 4.39 Å². The number of nitrogens with zero attached hydrogens (tertiary/aromatic N) is 3. The second-order valence-corrected chi connectivity index (χ2v) is 6.93. The van der Waals surface area contributed by atoms with Crippen LogP contribution in [0.3, 0.4) is 0 Å². The van der Waals surface area contributed by atoms with Crippen LogP contribution in [0.25, 0.3) is 11.0 Å². The Bertz CT molecular complexity index is 1350. The van der Waals surface area contributed by atoms with Gasteiger partial charge in [0.2, 0.25) is 0 Å². The van der Waals surface area contributed by atoms with Crippen LogP contribution in [-0.4, -0.2) is 34.8 Å². The first-order chi connectivity index (χ1) is 16.0. The number of carbonyl (C=O) groups is 2. The highest BCUT2D eigenvalue weighted by Gasteiger charge is 2.16. The highest BCUT2D eigenvalue weighted by molar-refractivity contribution is 5.92. The van der Waals surface area contributed by atoms with Crippen LogP contribution in [-0.2, 0) is 11.3 Å². The molecular weight excluding hydrogens is 427 g/mol. The number of carbonyl (C=O) groups excluding carboxylic acids is 2. The Labute approximate surface area is 188 Å². The Hall–Kier alpha value is -4.53. The average molecular weight is 446 g/mol. The summed E-state index contributed by atoms with van der Waals surface area (Å²) in [5, 5.41) is 3.96. The lowest BCUT2D eigenvalue weighted by Crippen LogP contribution is -2.22. The smallest absolute Gasteiger partial charge is 0.346 e. The van der Waals surface area contributed by atoms with Gasteiger partial charge in [-0.3, -0.25) is 4.79 Å². The maximum atomic E-state index is 13.8. The van der Waals surface area contributed by atoms with Crippen LogP contribution >= 0.6 is 0 Å². The number of hydrazone groups is 1. The summed E-state index contributed by atoms with van der Waals surface area (Å²) in [6, 6.07) is 17.7. The summed E-state index contributed by atoms with van der Waals surface area (Å²) in [5.74, 6) is -1.47. The first-order valence-electron chi connectivity index (χ1n) is 9.91. The Morgan fingerprint density at radius 2 is 1.88 bits per heavy atom. The van der Waals surface area contributed by atoms with Crippen molar-refractivity contribution in [1.29, 1.82) is 0 Å². The van der Waals surface area contributed by atoms with E-state index in [1.54, 1.807) is 29.1 Å². The van der Waals surface area contributed by atoms with E-state index < -0.39 is 11.8 Å². The number of hydrogen-bond acceptors (Lipinski definition) is 6. The summed E-state index contributed by atoms with van der Waals surface area (Å²) in [5.41, 5.74) is 4.52. The number of halogens is 1. The predicted octanol–water partition coefficient (Wildman–Crippen LogP) is 3.55. The van der Waals surface area contributed by atoms with Gasteiger partial charge in [-0.15, -0.1) is 0 Å². The number of hydrogen-bond donors (Lipinski definition) is 1. The summed E-state index contributed by atoms with van der Waals surface area (Å²) in [6.07, 6.45) is 3.02. The number of aromatic nitrogens is 2. The van der Waals surface area contributed by atoms with Gasteiger partial charge in [0.25, 0.3) is 5.91 Å². The van der Waals surface area contributed by atoms with Gasteiger partial charge >= 0.3 is 5.97 Å². The first-order valence-corrected chi connectivity index (χ1v) is 9.91. The number of rotatable bonds is 7. The molecule has 3 aromatic carbocycles. The zero-order chi connectivity index (χ0) is 23.2. The average Bonchev–Trinajstić information content (AvgIpc) is 3.23. The van der Waals surface area contributed by atoms with Crippen molar-refractivity contribution in [3.63, 3.8) is 0 Å². The van der Waals surface area contributed by atoms with Crippen LogP contribution in [0.15, 0.2) is 78.2 Å². The van der Waals surface area contributed by atoms with Crippen molar-refractivity contribution in [3.05, 3.63) is 90.0 Å². The number of amides is 1. The van der Waals surface area contributed by atoms with Gasteiger partial charge in [0.05, 0.1) is 36.2 Å². The molecule has 0 fully saturated rings. The van der Waals surface area contributed by atoms with Gasteiger partial charge in [0.1, 0.15) is 12.4 Å². The maximum absolute atomic E-state index is 13.8. The van der Waals surface area contributed by atoms with E-state index in [1.165, 1.54) is 37.6 Å². The van der Waals surface area contributed by atoms with E-state index in [1.807, 2.05) is 24.3 Å². The lowest BCUT2D eigenvalue weighted by molar-refractivity contribution is -0.121. The van der Waals surface area contributed by atoms with E-state index in [0.717, 1.165) is 11.0 Å². The number of para-hydroxylation sites is 2. The van der Waals surface area contributed by atoms with Crippen molar-refractivity contribution < 1.29 is 23.5 Å². The quantitative estimate of drug-likeness (QED) is 0.203. The third-order valence-corrected chi connectivity index (χ3v) is 4.73. The molecule has 33 heavy (non-hydrogen) atoms. The molecule has 1 aromatic heterocycles. The Kier molecular flexibility index (Phi) is 6.40. The molecule has 0 atom stereocenters. The third-order valence-electron chi connectivity index (χ3n) is 4.73. The SMILES string of the molecule is COc1cc(/C=N/NC(=O)Cn2cnc3ccccc32)ccc1OC(=O)c1ccccc1F. The maximum Gasteiger partial charge on any atom is 0.346 e. The normalized spacial score (nSPS) is 11.0. The van der Waals surface area contributed by atoms with Gasteiger partial charge in [-0.05, 0) is 48.0 Å². The molecule has 1 N–H and O–H groups in total. The Morgan fingerprint density at radius 3 is 2.70 bits per heavy atom. The molecule has 4 aromatic rings. The zero-order valence-electron chi connectivity index (χ0n) is 17.6. The highest BCUT2D eigenvalue weighted by atomic mass is 19.1. The molecule has 0 radical (unpaired) electrons. The Balaban J connectivity index is 1.39. The molecule has 0 aliphatic heterocycles. The van der Waals surface area contributed by atoms with Crippen molar-refractivity contribution in [2.45, 2.75) is 6.54 Å². The number of benzene rings is 3. The lowest BCUT2D eigenvalue weighted by Gasteiger charge is -2.10. The summed E-state index contributed by atoms with van der Waals surface area (Å²) in [7, 11) is 1.41. The van der Waals surface area contributed by atoms with Crippen LogP contribution in [0.5, 0.6) is 11.5 Å². The molecule has 0 aliphatic rings. The number of ether oxygens (including phenoxy) is 2. The molecule has 0 unspecified atom stereocenters. The van der Waals surface area contributed by atoms with Crippen LogP contribution < -0.4 is 14.9 Å². The highest BCUT2D eigenvalue weighted by Crippen LogP contribution is 2.28. The van der Waals surface area contributed by atoms with Crippen LogP contribution in [0.1, 0.15) is 15.9 Å². The summed E-state index contributed by atoms with van der Waals surface area (Å²) in [4.78, 5) is 28.7. The summed E-state index contributed by atoms with van der Waals surface area (Å²) >= 11 is 0. The fraction of sp³-hybridized carbons (Fsp3) is 0.0833. The van der Waals surface area contributed by atoms with E-state index in [4.69, 9.17) is 9.47 Å². The first kappa shape index (κ1) is 21.7. The number of esters is 1. The molecule has 4 rings (SSSR count). The van der Waals surface area contributed by atoms with E-state index in [0.29, 0.717) is 5.56 Å². The van der Waals surface area contributed by atoms with Crippen molar-refractivity contribution in [2.75, 3.05) is 7.11 Å². The number of nitrogens with one attached hydrogen (secondary N) is 1. The van der Waals surface area contributed by atoms with Crippen molar-refractivity contribution in [3.8, 4) is 11.5 Å². The van der Waals surface area contributed by atoms with Gasteiger partial charge < -0.3 is 14.0 Å². The van der Waals surface area contributed by atoms with E-state index in [9.17, 15) is 14.0 Å². The zero-order valence-corrected chi connectivity index (χ0v) is 17.6. The van der Waals surface area contributed by atoms with Gasteiger partial charge in [0.15, 0.2) is 11.5 Å². The fourth-order valence-corrected chi connectivity index (χ4v) is 3.14. The van der Waals surface area contributed by atoms with Crippen LogP contribution in [0.2, 0.25) is 0 Å². The standard InChI is InChI=1S/C24H19FN4O4/c1-32-22-12-16(10-11-21(22)33-24(31)17-6-2-3-7-18(17)25)13-27-28-23(30)14-29-15-26-19-8-4-5-9-20(19)29/h2-13,15H,14H2,1H3,(H,28,30)/b27-13+. The molecule has 8 nitrogen and oxygen atoms in total. The lowest BCUT2D eigenvalue weighted by atomic mass is 10.2. The number of fused-ring (bicyclic) bond motifs is 1. The molecule has 0 aliphatic carbocycles. The third kappa shape index (κ3) is 5.04. The monoisotopic (exact) mass is 446 g/mol. The van der Waals surface area contributed by atoms with E-state index >= 15 is 0 Å². The Morgan fingerprint density at radius 1 is 1.09 bits per heavy atom. The molecule has 0 spiro atoms. The number of imidazole rings is 1. The van der Waals surface area contributed by atoms with Gasteiger partial charge in [-0.1, -0.05) is 24.3 Å². The van der Waals surface area contributed by atoms with Gasteiger partial charge in [-0.2, -0.15) is 5.10 Å². The molecular formula is C24H19FN4O4. The summed E-state index contributed by atoms with van der Waals surface area (Å²) in [6.45, 7) is 0.0616. The van der Waals surface area contributed by atoms with Crippen molar-refractivity contribution in [1.82, 2.24) is 15.0 Å². The summed E-state index contributed by atoms with van der Waals surface area (Å²) < 4.78 is 26.1. The van der Waals surface area contributed by atoms with E-state index in [-0.39, 0.29) is 29.5 Å². The second-order valence-electron chi connectivity index (χ2n) is 6.93. The molecule has 1 heterocycles.